The van der Waals surface area contributed by atoms with Crippen molar-refractivity contribution in [1.82, 2.24) is 20.2 Å². The Morgan fingerprint density at radius 3 is 2.35 bits per heavy atom. The number of carbonyl (C=O) groups is 1. The fraction of sp³-hybridized carbons (Fsp3) is 0.333. The number of amides is 2. The van der Waals surface area contributed by atoms with Crippen molar-refractivity contribution in [2.45, 2.75) is 31.8 Å². The lowest BCUT2D eigenvalue weighted by molar-refractivity contribution is 0.231. The lowest BCUT2D eigenvalue weighted by Crippen LogP contribution is -2.48. The zero-order valence-corrected chi connectivity index (χ0v) is 18.0. The van der Waals surface area contributed by atoms with Crippen LogP contribution in [0, 0.1) is 0 Å². The number of carbonyl (C=O) groups excluding carboxylic acids is 1. The number of ether oxygens (including phenoxy) is 1. The molecular formula is C24H29N5O2. The first kappa shape index (κ1) is 20.8. The highest BCUT2D eigenvalue weighted by Crippen LogP contribution is 2.23. The van der Waals surface area contributed by atoms with E-state index in [1.165, 1.54) is 5.69 Å². The standard InChI is InChI=1S/C24H29N5O2/c1-18(19-3-5-22(6-4-19)29-16-13-25-17-29)26-24(30)27-20-11-14-28(15-12-20)21-7-9-23(31-2)10-8-21/h3-10,13,16-18,20H,11-12,14-15H2,1-2H3,(H2,26,27,30). The fourth-order valence-corrected chi connectivity index (χ4v) is 3.93. The average molecular weight is 420 g/mol. The predicted octanol–water partition coefficient (Wildman–Crippen LogP) is 3.91. The number of methoxy groups -OCH3 is 1. The van der Waals surface area contributed by atoms with Crippen LogP contribution in [0.1, 0.15) is 31.4 Å². The van der Waals surface area contributed by atoms with Gasteiger partial charge in [-0.15, -0.1) is 0 Å². The highest BCUT2D eigenvalue weighted by atomic mass is 16.5. The number of imidazole rings is 1. The number of nitrogens with one attached hydrogen (secondary N) is 2. The summed E-state index contributed by atoms with van der Waals surface area (Å²) in [4.78, 5) is 18.9. The molecule has 3 aromatic rings. The zero-order chi connectivity index (χ0) is 21.6. The smallest absolute Gasteiger partial charge is 0.315 e. The van der Waals surface area contributed by atoms with Crippen molar-refractivity contribution in [1.29, 1.82) is 0 Å². The number of hydrogen-bond donors (Lipinski definition) is 2. The van der Waals surface area contributed by atoms with Gasteiger partial charge in [0.15, 0.2) is 0 Å². The van der Waals surface area contributed by atoms with Crippen molar-refractivity contribution in [3.05, 3.63) is 72.8 Å². The number of rotatable bonds is 6. The minimum Gasteiger partial charge on any atom is -0.497 e. The average Bonchev–Trinajstić information content (AvgIpc) is 3.35. The molecule has 0 aliphatic carbocycles. The summed E-state index contributed by atoms with van der Waals surface area (Å²) in [6.45, 7) is 3.84. The highest BCUT2D eigenvalue weighted by molar-refractivity contribution is 5.74. The predicted molar refractivity (Wildman–Crippen MR) is 122 cm³/mol. The van der Waals surface area contributed by atoms with E-state index in [-0.39, 0.29) is 18.1 Å². The van der Waals surface area contributed by atoms with E-state index in [4.69, 9.17) is 4.74 Å². The maximum atomic E-state index is 12.5. The first-order valence-corrected chi connectivity index (χ1v) is 10.7. The van der Waals surface area contributed by atoms with E-state index in [2.05, 4.69) is 32.7 Å². The molecule has 162 valence electrons. The van der Waals surface area contributed by atoms with Gasteiger partial charge in [-0.1, -0.05) is 12.1 Å². The molecule has 0 radical (unpaired) electrons. The molecular weight excluding hydrogens is 390 g/mol. The van der Waals surface area contributed by atoms with Crippen molar-refractivity contribution in [3.8, 4) is 11.4 Å². The van der Waals surface area contributed by atoms with Gasteiger partial charge >= 0.3 is 6.03 Å². The van der Waals surface area contributed by atoms with Gasteiger partial charge in [0.25, 0.3) is 0 Å². The number of nitrogens with zero attached hydrogens (tertiary/aromatic N) is 3. The number of aromatic nitrogens is 2. The van der Waals surface area contributed by atoms with E-state index < -0.39 is 0 Å². The maximum Gasteiger partial charge on any atom is 0.315 e. The third-order valence-electron chi connectivity index (χ3n) is 5.81. The van der Waals surface area contributed by atoms with Crippen molar-refractivity contribution in [3.63, 3.8) is 0 Å². The second-order valence-corrected chi connectivity index (χ2v) is 7.86. The number of benzene rings is 2. The van der Waals surface area contributed by atoms with Crippen LogP contribution in [0.25, 0.3) is 5.69 Å². The van der Waals surface area contributed by atoms with Gasteiger partial charge in [0.1, 0.15) is 5.75 Å². The quantitative estimate of drug-likeness (QED) is 0.636. The first-order valence-electron chi connectivity index (χ1n) is 10.7. The van der Waals surface area contributed by atoms with Gasteiger partial charge in [0, 0.05) is 42.9 Å². The molecule has 7 heteroatoms. The van der Waals surface area contributed by atoms with Crippen LogP contribution >= 0.6 is 0 Å². The van der Waals surface area contributed by atoms with Gasteiger partial charge in [-0.3, -0.25) is 0 Å². The summed E-state index contributed by atoms with van der Waals surface area (Å²) in [5, 5.41) is 6.19. The molecule has 1 saturated heterocycles. The third-order valence-corrected chi connectivity index (χ3v) is 5.81. The second-order valence-electron chi connectivity index (χ2n) is 7.86. The van der Waals surface area contributed by atoms with Gasteiger partial charge in [-0.05, 0) is 61.7 Å². The fourth-order valence-electron chi connectivity index (χ4n) is 3.93. The minimum absolute atomic E-state index is 0.0729. The van der Waals surface area contributed by atoms with Crippen LogP contribution in [-0.2, 0) is 0 Å². The summed E-state index contributed by atoms with van der Waals surface area (Å²) in [6, 6.07) is 16.3. The van der Waals surface area contributed by atoms with E-state index in [1.54, 1.807) is 19.6 Å². The molecule has 2 heterocycles. The Kier molecular flexibility index (Phi) is 6.40. The van der Waals surface area contributed by atoms with E-state index in [0.29, 0.717) is 0 Å². The minimum atomic E-state index is -0.117. The van der Waals surface area contributed by atoms with Crippen LogP contribution < -0.4 is 20.3 Å². The molecule has 1 atom stereocenters. The third kappa shape index (κ3) is 5.17. The Bertz CT molecular complexity index is 962. The number of hydrogen-bond acceptors (Lipinski definition) is 4. The van der Waals surface area contributed by atoms with Gasteiger partial charge in [-0.2, -0.15) is 0 Å². The van der Waals surface area contributed by atoms with E-state index in [1.807, 2.05) is 54.1 Å². The number of piperidine rings is 1. The second kappa shape index (κ2) is 9.55. The molecule has 1 aromatic heterocycles. The molecule has 4 rings (SSSR count). The van der Waals surface area contributed by atoms with Crippen LogP contribution in [-0.4, -0.2) is 41.8 Å². The molecule has 1 aliphatic heterocycles. The Hall–Kier alpha value is -3.48. The molecule has 0 bridgehead atoms. The van der Waals surface area contributed by atoms with Crippen LogP contribution in [0.3, 0.4) is 0 Å². The van der Waals surface area contributed by atoms with Crippen LogP contribution in [0.2, 0.25) is 0 Å². The van der Waals surface area contributed by atoms with E-state index in [9.17, 15) is 4.79 Å². The first-order chi connectivity index (χ1) is 15.1. The van der Waals surface area contributed by atoms with Gasteiger partial charge in [-0.25, -0.2) is 9.78 Å². The van der Waals surface area contributed by atoms with Crippen molar-refractivity contribution in [2.75, 3.05) is 25.1 Å². The Balaban J connectivity index is 1.24. The summed E-state index contributed by atoms with van der Waals surface area (Å²) in [5.41, 5.74) is 3.30. The molecule has 1 fully saturated rings. The molecule has 1 aliphatic rings. The molecule has 2 N–H and O–H groups in total. The number of anilines is 1. The molecule has 31 heavy (non-hydrogen) atoms. The summed E-state index contributed by atoms with van der Waals surface area (Å²) in [5.74, 6) is 0.863. The molecule has 0 spiro atoms. The Morgan fingerprint density at radius 2 is 1.74 bits per heavy atom. The highest BCUT2D eigenvalue weighted by Gasteiger charge is 2.21. The van der Waals surface area contributed by atoms with Crippen LogP contribution in [0.5, 0.6) is 5.75 Å². The largest absolute Gasteiger partial charge is 0.497 e. The summed E-state index contributed by atoms with van der Waals surface area (Å²) < 4.78 is 7.18. The molecule has 1 unspecified atom stereocenters. The summed E-state index contributed by atoms with van der Waals surface area (Å²) in [7, 11) is 1.68. The topological polar surface area (TPSA) is 71.4 Å². The van der Waals surface area contributed by atoms with Crippen molar-refractivity contribution in [2.24, 2.45) is 0 Å². The van der Waals surface area contributed by atoms with E-state index >= 15 is 0 Å². The summed E-state index contributed by atoms with van der Waals surface area (Å²) >= 11 is 0. The Labute approximate surface area is 183 Å². The lowest BCUT2D eigenvalue weighted by Gasteiger charge is -2.34. The molecule has 2 amide bonds. The SMILES string of the molecule is COc1ccc(N2CCC(NC(=O)NC(C)c3ccc(-n4ccnc4)cc3)CC2)cc1. The van der Waals surface area contributed by atoms with Crippen molar-refractivity contribution >= 4 is 11.7 Å². The van der Waals surface area contributed by atoms with Crippen LogP contribution in [0.15, 0.2) is 67.3 Å². The monoisotopic (exact) mass is 419 g/mol. The van der Waals surface area contributed by atoms with Crippen molar-refractivity contribution < 1.29 is 9.53 Å². The zero-order valence-electron chi connectivity index (χ0n) is 18.0. The molecule has 0 saturated carbocycles. The summed E-state index contributed by atoms with van der Waals surface area (Å²) in [6.07, 6.45) is 7.28. The Morgan fingerprint density at radius 1 is 1.06 bits per heavy atom. The van der Waals surface area contributed by atoms with Gasteiger partial charge in [0.2, 0.25) is 0 Å². The maximum absolute atomic E-state index is 12.5. The van der Waals surface area contributed by atoms with Crippen LogP contribution in [0.4, 0.5) is 10.5 Å². The van der Waals surface area contributed by atoms with E-state index in [0.717, 1.165) is 42.9 Å². The molecule has 2 aromatic carbocycles. The van der Waals surface area contributed by atoms with Gasteiger partial charge < -0.3 is 24.8 Å². The number of urea groups is 1. The van der Waals surface area contributed by atoms with Gasteiger partial charge in [0.05, 0.1) is 19.5 Å². The normalized spacial score (nSPS) is 15.4. The molecule has 7 nitrogen and oxygen atoms in total. The lowest BCUT2D eigenvalue weighted by atomic mass is 10.0.